The fourth-order valence-corrected chi connectivity index (χ4v) is 7.20. The normalized spacial score (nSPS) is 22.7. The van der Waals surface area contributed by atoms with E-state index in [2.05, 4.69) is 49.3 Å². The fourth-order valence-electron chi connectivity index (χ4n) is 6.19. The van der Waals surface area contributed by atoms with Gasteiger partial charge in [0.2, 0.25) is 5.95 Å². The summed E-state index contributed by atoms with van der Waals surface area (Å²) in [5, 5.41) is 11.0. The summed E-state index contributed by atoms with van der Waals surface area (Å²) in [4.78, 5) is 23.5. The van der Waals surface area contributed by atoms with Crippen molar-refractivity contribution in [2.24, 2.45) is 5.92 Å². The molecule has 2 saturated carbocycles. The lowest BCUT2D eigenvalue weighted by atomic mass is 9.82. The Morgan fingerprint density at radius 1 is 0.821 bits per heavy atom. The van der Waals surface area contributed by atoms with Crippen LogP contribution in [0, 0.1) is 5.92 Å². The van der Waals surface area contributed by atoms with Gasteiger partial charge < -0.3 is 14.4 Å². The second-order valence-corrected chi connectivity index (χ2v) is 12.1. The molecule has 39 heavy (non-hydrogen) atoms. The Kier molecular flexibility index (Phi) is 8.16. The van der Waals surface area contributed by atoms with E-state index >= 15 is 0 Å². The number of carbonyl (C=O) groups is 1. The zero-order valence-corrected chi connectivity index (χ0v) is 23.4. The fraction of sp³-hybridized carbons (Fsp3) is 0.567. The van der Waals surface area contributed by atoms with Crippen LogP contribution in [0.2, 0.25) is 0 Å². The van der Waals surface area contributed by atoms with Crippen molar-refractivity contribution in [2.45, 2.75) is 82.3 Å². The quantitative estimate of drug-likeness (QED) is 0.331. The predicted molar refractivity (Wildman–Crippen MR) is 152 cm³/mol. The number of hydrogen-bond acceptors (Lipinski definition) is 9. The molecular formula is C30H37N5O3S. The van der Waals surface area contributed by atoms with Gasteiger partial charge in [0.15, 0.2) is 0 Å². The number of aromatic nitrogens is 4. The number of hydrogen-bond donors (Lipinski definition) is 0. The summed E-state index contributed by atoms with van der Waals surface area (Å²) in [7, 11) is 1.47. The summed E-state index contributed by atoms with van der Waals surface area (Å²) in [6.45, 7) is 1.89. The standard InChI is InChI=1S/C30H37N5O3S/c1-37-29(36)23-12-10-22(11-13-23)28-34-33-27(39-28)21-8-6-20(7-9-21)24-18-31-30(32-19-24)35-16-14-26(15-17-35)38-25-4-2-3-5-25/h6-9,18-19,22-23,25-26H,2-5,10-17H2,1H3/t22-,23-. The number of rotatable bonds is 7. The van der Waals surface area contributed by atoms with Crippen molar-refractivity contribution >= 4 is 23.3 Å². The maximum absolute atomic E-state index is 11.8. The Morgan fingerprint density at radius 2 is 1.46 bits per heavy atom. The highest BCUT2D eigenvalue weighted by Crippen LogP contribution is 2.39. The molecule has 6 rings (SSSR count). The van der Waals surface area contributed by atoms with Crippen molar-refractivity contribution in [1.29, 1.82) is 0 Å². The monoisotopic (exact) mass is 547 g/mol. The zero-order chi connectivity index (χ0) is 26.6. The summed E-state index contributed by atoms with van der Waals surface area (Å²) in [5.74, 6) is 1.11. The smallest absolute Gasteiger partial charge is 0.308 e. The molecule has 0 spiro atoms. The molecule has 1 aromatic carbocycles. The van der Waals surface area contributed by atoms with Crippen LogP contribution in [0.5, 0.6) is 0 Å². The van der Waals surface area contributed by atoms with Crippen molar-refractivity contribution in [2.75, 3.05) is 25.1 Å². The third-order valence-electron chi connectivity index (χ3n) is 8.57. The van der Waals surface area contributed by atoms with E-state index in [1.54, 1.807) is 11.3 Å². The second kappa shape index (κ2) is 12.1. The third kappa shape index (κ3) is 6.14. The first kappa shape index (κ1) is 26.3. The molecule has 0 bridgehead atoms. The average molecular weight is 548 g/mol. The van der Waals surface area contributed by atoms with Crippen LogP contribution >= 0.6 is 11.3 Å². The minimum atomic E-state index is -0.0870. The number of nitrogens with zero attached hydrogens (tertiary/aromatic N) is 5. The molecule has 0 N–H and O–H groups in total. The van der Waals surface area contributed by atoms with Gasteiger partial charge in [0, 0.05) is 42.5 Å². The Morgan fingerprint density at radius 3 is 2.13 bits per heavy atom. The summed E-state index contributed by atoms with van der Waals surface area (Å²) < 4.78 is 11.2. The number of carbonyl (C=O) groups excluding carboxylic acids is 1. The van der Waals surface area contributed by atoms with Gasteiger partial charge in [-0.25, -0.2) is 9.97 Å². The number of anilines is 1. The second-order valence-electron chi connectivity index (χ2n) is 11.1. The number of ether oxygens (including phenoxy) is 2. The van der Waals surface area contributed by atoms with Crippen LogP contribution in [0.1, 0.15) is 75.1 Å². The first-order chi connectivity index (χ1) is 19.2. The Bertz CT molecular complexity index is 1230. The lowest BCUT2D eigenvalue weighted by molar-refractivity contribution is -0.146. The van der Waals surface area contributed by atoms with Crippen LogP contribution in [0.25, 0.3) is 21.7 Å². The molecule has 0 unspecified atom stereocenters. The molecule has 9 heteroatoms. The number of piperidine rings is 1. The molecule has 2 aromatic heterocycles. The van der Waals surface area contributed by atoms with Gasteiger partial charge in [-0.05, 0) is 56.9 Å². The molecule has 0 atom stereocenters. The van der Waals surface area contributed by atoms with Crippen LogP contribution in [0.3, 0.4) is 0 Å². The highest BCUT2D eigenvalue weighted by atomic mass is 32.1. The SMILES string of the molecule is COC(=O)[C@H]1CC[C@H](c2nnc(-c3ccc(-c4cnc(N5CCC(OC6CCCC6)CC5)nc4)cc3)s2)CC1. The zero-order valence-electron chi connectivity index (χ0n) is 22.6. The Labute approximate surface area is 234 Å². The molecule has 2 aliphatic carbocycles. The predicted octanol–water partition coefficient (Wildman–Crippen LogP) is 6.04. The molecule has 0 radical (unpaired) electrons. The molecule has 3 aliphatic rings. The van der Waals surface area contributed by atoms with Crippen LogP contribution in [0.4, 0.5) is 5.95 Å². The van der Waals surface area contributed by atoms with Gasteiger partial charge in [-0.1, -0.05) is 48.4 Å². The van der Waals surface area contributed by atoms with Gasteiger partial charge in [-0.15, -0.1) is 10.2 Å². The molecular weight excluding hydrogens is 510 g/mol. The molecule has 1 aliphatic heterocycles. The minimum absolute atomic E-state index is 0.0253. The summed E-state index contributed by atoms with van der Waals surface area (Å²) in [5.41, 5.74) is 3.15. The van der Waals surface area contributed by atoms with Crippen molar-refractivity contribution in [3.05, 3.63) is 41.7 Å². The molecule has 8 nitrogen and oxygen atoms in total. The molecule has 3 fully saturated rings. The highest BCUT2D eigenvalue weighted by molar-refractivity contribution is 7.14. The van der Waals surface area contributed by atoms with Crippen molar-refractivity contribution in [1.82, 2.24) is 20.2 Å². The van der Waals surface area contributed by atoms with Gasteiger partial charge in [0.05, 0.1) is 25.2 Å². The minimum Gasteiger partial charge on any atom is -0.469 e. The van der Waals surface area contributed by atoms with Crippen molar-refractivity contribution in [3.63, 3.8) is 0 Å². The number of benzene rings is 1. The maximum atomic E-state index is 11.8. The first-order valence-corrected chi connectivity index (χ1v) is 15.2. The van der Waals surface area contributed by atoms with E-state index in [0.29, 0.717) is 18.1 Å². The lowest BCUT2D eigenvalue weighted by Crippen LogP contribution is -2.39. The molecule has 3 aromatic rings. The van der Waals surface area contributed by atoms with Crippen LogP contribution in [-0.2, 0) is 14.3 Å². The van der Waals surface area contributed by atoms with Crippen LogP contribution in [0.15, 0.2) is 36.7 Å². The van der Waals surface area contributed by atoms with Gasteiger partial charge in [-0.2, -0.15) is 0 Å². The molecule has 206 valence electrons. The molecule has 1 saturated heterocycles. The summed E-state index contributed by atoms with van der Waals surface area (Å²) in [6, 6.07) is 8.39. The lowest BCUT2D eigenvalue weighted by Gasteiger charge is -2.33. The van der Waals surface area contributed by atoms with E-state index < -0.39 is 0 Å². The number of methoxy groups -OCH3 is 1. The van der Waals surface area contributed by atoms with Gasteiger partial charge in [0.1, 0.15) is 10.0 Å². The summed E-state index contributed by atoms with van der Waals surface area (Å²) in [6.07, 6.45) is 15.5. The summed E-state index contributed by atoms with van der Waals surface area (Å²) >= 11 is 1.66. The van der Waals surface area contributed by atoms with E-state index in [1.807, 2.05) is 12.4 Å². The first-order valence-electron chi connectivity index (χ1n) is 14.4. The molecule has 0 amide bonds. The van der Waals surface area contributed by atoms with Crippen LogP contribution < -0.4 is 4.90 Å². The number of esters is 1. The van der Waals surface area contributed by atoms with E-state index in [4.69, 9.17) is 9.47 Å². The maximum Gasteiger partial charge on any atom is 0.308 e. The van der Waals surface area contributed by atoms with E-state index in [0.717, 1.165) is 84.3 Å². The van der Waals surface area contributed by atoms with E-state index in [9.17, 15) is 4.79 Å². The largest absolute Gasteiger partial charge is 0.469 e. The van der Waals surface area contributed by atoms with Crippen molar-refractivity contribution in [3.8, 4) is 21.7 Å². The average Bonchev–Trinajstić information content (AvgIpc) is 3.71. The Hall–Kier alpha value is -2.91. The Balaban J connectivity index is 1.03. The highest BCUT2D eigenvalue weighted by Gasteiger charge is 2.30. The van der Waals surface area contributed by atoms with Gasteiger partial charge >= 0.3 is 5.97 Å². The van der Waals surface area contributed by atoms with E-state index in [-0.39, 0.29) is 11.9 Å². The van der Waals surface area contributed by atoms with Crippen LogP contribution in [-0.4, -0.2) is 58.5 Å². The van der Waals surface area contributed by atoms with Gasteiger partial charge in [-0.3, -0.25) is 4.79 Å². The van der Waals surface area contributed by atoms with Crippen molar-refractivity contribution < 1.29 is 14.3 Å². The van der Waals surface area contributed by atoms with E-state index in [1.165, 1.54) is 32.8 Å². The topological polar surface area (TPSA) is 90.3 Å². The third-order valence-corrected chi connectivity index (χ3v) is 9.70. The van der Waals surface area contributed by atoms with Gasteiger partial charge in [0.25, 0.3) is 0 Å². The molecule has 3 heterocycles.